The van der Waals surface area contributed by atoms with Crippen LogP contribution in [0.5, 0.6) is 0 Å². The van der Waals surface area contributed by atoms with E-state index in [1.807, 2.05) is 18.5 Å². The van der Waals surface area contributed by atoms with E-state index >= 15 is 0 Å². The maximum Gasteiger partial charge on any atom is 0.344 e. The van der Waals surface area contributed by atoms with Crippen LogP contribution in [-0.2, 0) is 14.4 Å². The number of allylic oxidation sites excluding steroid dienone is 1. The summed E-state index contributed by atoms with van der Waals surface area (Å²) in [5, 5.41) is 33.9. The summed E-state index contributed by atoms with van der Waals surface area (Å²) in [4.78, 5) is 39.1. The molecule has 1 fully saturated rings. The van der Waals surface area contributed by atoms with Gasteiger partial charge in [0.2, 0.25) is 0 Å². The van der Waals surface area contributed by atoms with Crippen molar-refractivity contribution in [3.05, 3.63) is 57.0 Å². The van der Waals surface area contributed by atoms with Crippen molar-refractivity contribution in [2.75, 3.05) is 6.54 Å². The molecule has 5 N–H and O–H groups in total. The molecule has 0 radical (unpaired) electrons. The fourth-order valence-corrected chi connectivity index (χ4v) is 2.26. The Kier molecular flexibility index (Phi) is 12.2. The number of imidazole rings is 1. The zero-order valence-corrected chi connectivity index (χ0v) is 21.8. The quantitative estimate of drug-likeness (QED) is 0.206. The summed E-state index contributed by atoms with van der Waals surface area (Å²) in [7, 11) is 0. The third-order valence-corrected chi connectivity index (χ3v) is 4.88. The Hall–Kier alpha value is -4.47. The number of aromatic amines is 2. The molecule has 0 bridgehead atoms. The lowest BCUT2D eigenvalue weighted by Gasteiger charge is -2.07. The van der Waals surface area contributed by atoms with Crippen LogP contribution in [0.3, 0.4) is 0 Å². The van der Waals surface area contributed by atoms with Gasteiger partial charge in [-0.25, -0.2) is 9.78 Å². The fraction of sp³-hybridized carbons (Fsp3) is 0.476. The van der Waals surface area contributed by atoms with Gasteiger partial charge < -0.3 is 14.6 Å². The Morgan fingerprint density at radius 2 is 1.76 bits per heavy atom. The zero-order chi connectivity index (χ0) is 28.1. The Balaban J connectivity index is 0.000000232. The second-order valence-electron chi connectivity index (χ2n) is 7.80. The van der Waals surface area contributed by atoms with E-state index in [9.17, 15) is 14.4 Å². The number of tetrazole rings is 1. The number of nitrogens with zero attached hydrogens (tertiary/aromatic N) is 6. The molecule has 37 heavy (non-hydrogen) atoms. The standard InChI is InChI=1S/C5H8N2O.C5H7NO2.C5H9NO.C4H5NO3.C2H4N4/c1-4-3-6-5(2)7(4)8;1-3-4(2)8-6-5(3)7;1-5-3-2-4-6(5)7;1-2-3(6)5-8-4(2)7;1-2-3-5-6-4-2/h3,8H,1-2H3;1-2H3,(H,6,7);3,7H,2,4H2,1H3;2H,1H3,(H,5,6);1H3,(H,3,4,5,6). The van der Waals surface area contributed by atoms with E-state index in [-0.39, 0.29) is 11.5 Å². The van der Waals surface area contributed by atoms with Crippen molar-refractivity contribution in [2.24, 2.45) is 5.92 Å². The van der Waals surface area contributed by atoms with Gasteiger partial charge in [0.05, 0.1) is 17.5 Å². The number of rotatable bonds is 0. The predicted octanol–water partition coefficient (Wildman–Crippen LogP) is 1.03. The largest absolute Gasteiger partial charge is 0.427 e. The normalized spacial score (nSPS) is 15.4. The highest BCUT2D eigenvalue weighted by Gasteiger charge is 2.30. The number of hydrogen-bond acceptors (Lipinski definition) is 12. The van der Waals surface area contributed by atoms with Crippen molar-refractivity contribution in [1.29, 1.82) is 0 Å². The lowest BCUT2D eigenvalue weighted by molar-refractivity contribution is -0.145. The van der Waals surface area contributed by atoms with Gasteiger partial charge in [-0.15, -0.1) is 10.2 Å². The molecule has 16 nitrogen and oxygen atoms in total. The molecule has 0 aromatic carbocycles. The molecule has 204 valence electrons. The number of carbonyl (C=O) groups is 2. The van der Waals surface area contributed by atoms with Crippen molar-refractivity contribution >= 4 is 11.9 Å². The molecule has 5 rings (SSSR count). The molecule has 2 aliphatic rings. The lowest BCUT2D eigenvalue weighted by atomic mass is 10.2. The zero-order valence-electron chi connectivity index (χ0n) is 21.8. The summed E-state index contributed by atoms with van der Waals surface area (Å²) in [6.45, 7) is 12.9. The number of H-pyrrole nitrogens is 2. The van der Waals surface area contributed by atoms with Crippen LogP contribution in [0.15, 0.2) is 27.3 Å². The summed E-state index contributed by atoms with van der Waals surface area (Å²) >= 11 is 0. The van der Waals surface area contributed by atoms with E-state index in [2.05, 4.69) is 40.1 Å². The summed E-state index contributed by atoms with van der Waals surface area (Å²) in [5.74, 6) is 0.465. The van der Waals surface area contributed by atoms with Crippen molar-refractivity contribution < 1.29 is 29.4 Å². The van der Waals surface area contributed by atoms with Gasteiger partial charge in [-0.05, 0) is 54.9 Å². The van der Waals surface area contributed by atoms with Crippen LogP contribution < -0.4 is 11.0 Å². The molecule has 16 heteroatoms. The Bertz CT molecular complexity index is 1180. The maximum atomic E-state index is 10.5. The molecule has 1 saturated heterocycles. The first-order valence-electron chi connectivity index (χ1n) is 11.0. The van der Waals surface area contributed by atoms with E-state index < -0.39 is 11.9 Å². The van der Waals surface area contributed by atoms with Gasteiger partial charge in [0.1, 0.15) is 17.5 Å². The molecule has 5 heterocycles. The predicted molar refractivity (Wildman–Crippen MR) is 127 cm³/mol. The smallest absolute Gasteiger partial charge is 0.344 e. The first kappa shape index (κ1) is 30.6. The van der Waals surface area contributed by atoms with E-state index in [0.717, 1.165) is 29.1 Å². The SMILES string of the molecule is CC1=CCCN1O.CC1C(=O)NOC1=O.Cc1cnc(C)n1O.Cc1nn[nH]n1.Cc1o[nH]c(=O)c1C. The topological polar surface area (TPSA) is 217 Å². The van der Waals surface area contributed by atoms with Gasteiger partial charge in [-0.3, -0.25) is 19.9 Å². The van der Waals surface area contributed by atoms with Crippen LogP contribution in [0.1, 0.15) is 48.9 Å². The molecule has 1 unspecified atom stereocenters. The van der Waals surface area contributed by atoms with Crippen LogP contribution in [0.2, 0.25) is 0 Å². The van der Waals surface area contributed by atoms with E-state index in [1.54, 1.807) is 40.8 Å². The molecule has 3 aromatic heterocycles. The molecule has 1 atom stereocenters. The Morgan fingerprint density at radius 1 is 1.08 bits per heavy atom. The number of carbonyl (C=O) groups excluding carboxylic acids is 2. The highest BCUT2D eigenvalue weighted by molar-refractivity contribution is 6.00. The third-order valence-electron chi connectivity index (χ3n) is 4.88. The number of nitrogens with one attached hydrogen (secondary N) is 3. The maximum absolute atomic E-state index is 10.5. The van der Waals surface area contributed by atoms with E-state index in [1.165, 1.54) is 12.0 Å². The first-order valence-corrected chi connectivity index (χ1v) is 11.0. The molecular weight excluding hydrogens is 490 g/mol. The van der Waals surface area contributed by atoms with Crippen LogP contribution in [-0.4, -0.2) is 69.4 Å². The van der Waals surface area contributed by atoms with Gasteiger partial charge in [0, 0.05) is 12.2 Å². The van der Waals surface area contributed by atoms with Crippen molar-refractivity contribution in [3.8, 4) is 0 Å². The van der Waals surface area contributed by atoms with Crippen LogP contribution in [0.4, 0.5) is 0 Å². The van der Waals surface area contributed by atoms with Crippen molar-refractivity contribution in [2.45, 2.75) is 54.9 Å². The summed E-state index contributed by atoms with van der Waals surface area (Å²) in [5.41, 5.74) is 4.19. The molecule has 0 aliphatic carbocycles. The Labute approximate surface area is 212 Å². The molecule has 3 aromatic rings. The lowest BCUT2D eigenvalue weighted by Crippen LogP contribution is -2.16. The highest BCUT2D eigenvalue weighted by atomic mass is 16.7. The van der Waals surface area contributed by atoms with Gasteiger partial charge in [0.25, 0.3) is 11.5 Å². The van der Waals surface area contributed by atoms with Crippen LogP contribution in [0, 0.1) is 40.5 Å². The van der Waals surface area contributed by atoms with E-state index in [4.69, 9.17) is 10.4 Å². The van der Waals surface area contributed by atoms with Gasteiger partial charge >= 0.3 is 5.97 Å². The molecule has 1 amide bonds. The number of aryl methyl sites for hydroxylation is 4. The molecule has 0 saturated carbocycles. The van der Waals surface area contributed by atoms with Crippen LogP contribution in [0.25, 0.3) is 0 Å². The van der Waals surface area contributed by atoms with Gasteiger partial charge in [-0.1, -0.05) is 11.3 Å². The molecule has 2 aliphatic heterocycles. The molecule has 0 spiro atoms. The van der Waals surface area contributed by atoms with Crippen molar-refractivity contribution in [3.63, 3.8) is 0 Å². The van der Waals surface area contributed by atoms with Gasteiger partial charge in [-0.2, -0.15) is 20.6 Å². The van der Waals surface area contributed by atoms with Crippen molar-refractivity contribution in [1.82, 2.24) is 46.0 Å². The first-order chi connectivity index (χ1) is 17.3. The summed E-state index contributed by atoms with van der Waals surface area (Å²) in [6.07, 6.45) is 4.62. The summed E-state index contributed by atoms with van der Waals surface area (Å²) < 4.78 is 5.71. The fourth-order valence-electron chi connectivity index (χ4n) is 2.26. The number of hydroxylamine groups is 3. The highest BCUT2D eigenvalue weighted by Crippen LogP contribution is 2.08. The molecular formula is C21H33N9O7. The second kappa shape index (κ2) is 14.8. The second-order valence-corrected chi connectivity index (χ2v) is 7.80. The number of aromatic nitrogens is 7. The minimum atomic E-state index is -0.630. The minimum Gasteiger partial charge on any atom is -0.427 e. The number of hydrogen-bond donors (Lipinski definition) is 5. The number of amides is 1. The van der Waals surface area contributed by atoms with Crippen LogP contribution >= 0.6 is 0 Å². The Morgan fingerprint density at radius 3 is 1.89 bits per heavy atom. The average molecular weight is 524 g/mol. The van der Waals surface area contributed by atoms with Gasteiger partial charge in [0.15, 0.2) is 5.82 Å². The minimum absolute atomic E-state index is 0.137. The monoisotopic (exact) mass is 523 g/mol. The third kappa shape index (κ3) is 10.4. The van der Waals surface area contributed by atoms with E-state index in [0.29, 0.717) is 23.0 Å². The average Bonchev–Trinajstić information content (AvgIpc) is 3.69. The summed E-state index contributed by atoms with van der Waals surface area (Å²) in [6, 6.07) is 0.